The third kappa shape index (κ3) is 10.7. The van der Waals surface area contributed by atoms with Crippen LogP contribution in [0, 0.1) is 11.8 Å². The summed E-state index contributed by atoms with van der Waals surface area (Å²) in [5, 5.41) is 4.03. The Labute approximate surface area is 197 Å². The van der Waals surface area contributed by atoms with Gasteiger partial charge in [-0.15, -0.1) is 0 Å². The molecule has 2 bridgehead atoms. The van der Waals surface area contributed by atoms with Crippen molar-refractivity contribution in [3.63, 3.8) is 0 Å². The molecule has 0 amide bonds. The van der Waals surface area contributed by atoms with E-state index in [9.17, 15) is 0 Å². The first-order chi connectivity index (χ1) is 14.8. The first-order valence-corrected chi connectivity index (χ1v) is 12.8. The summed E-state index contributed by atoms with van der Waals surface area (Å²) in [6.07, 6.45) is 21.6. The predicted octanol–water partition coefficient (Wildman–Crippen LogP) is 8.21. The molecule has 0 spiro atoms. The van der Waals surface area contributed by atoms with Gasteiger partial charge in [0, 0.05) is 6.04 Å². The maximum Gasteiger partial charge on any atom is 0.257 e. The van der Waals surface area contributed by atoms with E-state index in [2.05, 4.69) is 64.2 Å². The molecule has 2 rings (SSSR count). The third-order valence-electron chi connectivity index (χ3n) is 6.84. The fraction of sp³-hybridized carbons (Fsp3) is 0.679. The van der Waals surface area contributed by atoms with E-state index in [0.29, 0.717) is 17.8 Å². The zero-order chi connectivity index (χ0) is 22.6. The molecule has 0 aliphatic heterocycles. The van der Waals surface area contributed by atoms with Crippen molar-refractivity contribution >= 4 is 17.4 Å². The van der Waals surface area contributed by atoms with Gasteiger partial charge in [-0.05, 0) is 123 Å². The lowest BCUT2D eigenvalue weighted by molar-refractivity contribution is 0.311. The number of nitrogens with one attached hydrogen (secondary N) is 1. The van der Waals surface area contributed by atoms with Crippen molar-refractivity contribution in [2.24, 2.45) is 11.8 Å². The number of thiocarbonyl (C=S) groups is 1. The Balaban J connectivity index is 1.55. The standard InChI is InChI=1S/C28H45NOS/c1-21(2)9-6-10-22(3)11-7-12-23(4)13-8-14-24(5)17-18-30-28(31)29-27-20-25-15-16-26(27)19-25/h9,11,13,17,25-27H,6-8,10,12,14-16,18-20H2,1-5H3,(H,29,31). The van der Waals surface area contributed by atoms with Crippen LogP contribution in [0.5, 0.6) is 0 Å². The Morgan fingerprint density at radius 2 is 1.39 bits per heavy atom. The molecule has 0 saturated heterocycles. The molecule has 2 saturated carbocycles. The van der Waals surface area contributed by atoms with Crippen molar-refractivity contribution in [2.75, 3.05) is 6.61 Å². The second kappa shape index (κ2) is 13.9. The van der Waals surface area contributed by atoms with E-state index in [0.717, 1.165) is 43.9 Å². The van der Waals surface area contributed by atoms with Crippen molar-refractivity contribution < 1.29 is 4.74 Å². The molecule has 2 aliphatic carbocycles. The normalized spacial score (nSPS) is 23.8. The van der Waals surface area contributed by atoms with E-state index in [1.165, 1.54) is 54.4 Å². The molecule has 3 atom stereocenters. The largest absolute Gasteiger partial charge is 0.467 e. The summed E-state index contributed by atoms with van der Waals surface area (Å²) < 4.78 is 5.74. The Morgan fingerprint density at radius 1 is 0.806 bits per heavy atom. The van der Waals surface area contributed by atoms with Gasteiger partial charge < -0.3 is 10.1 Å². The summed E-state index contributed by atoms with van der Waals surface area (Å²) in [7, 11) is 0. The van der Waals surface area contributed by atoms with Crippen molar-refractivity contribution in [3.8, 4) is 0 Å². The molecule has 0 radical (unpaired) electrons. The maximum absolute atomic E-state index is 5.74. The molecule has 3 heteroatoms. The highest BCUT2D eigenvalue weighted by molar-refractivity contribution is 7.80. The Bertz CT molecular complexity index is 696. The van der Waals surface area contributed by atoms with Crippen LogP contribution in [0.15, 0.2) is 46.6 Å². The summed E-state index contributed by atoms with van der Waals surface area (Å²) in [6.45, 7) is 11.6. The third-order valence-corrected chi connectivity index (χ3v) is 7.08. The molecule has 0 aromatic carbocycles. The zero-order valence-electron chi connectivity index (χ0n) is 20.6. The summed E-state index contributed by atoms with van der Waals surface area (Å²) in [6, 6.07) is 0.556. The van der Waals surface area contributed by atoms with Gasteiger partial charge in [-0.2, -0.15) is 0 Å². The van der Waals surface area contributed by atoms with Crippen molar-refractivity contribution in [3.05, 3.63) is 46.6 Å². The van der Waals surface area contributed by atoms with Gasteiger partial charge in [0.1, 0.15) is 6.61 Å². The molecule has 0 aromatic rings. The second-order valence-electron chi connectivity index (χ2n) is 10.1. The van der Waals surface area contributed by atoms with Gasteiger partial charge in [-0.3, -0.25) is 0 Å². The molecule has 0 aromatic heterocycles. The van der Waals surface area contributed by atoms with Crippen LogP contribution in [0.1, 0.15) is 98.8 Å². The van der Waals surface area contributed by atoms with E-state index >= 15 is 0 Å². The summed E-state index contributed by atoms with van der Waals surface area (Å²) in [5.41, 5.74) is 5.80. The van der Waals surface area contributed by atoms with Crippen LogP contribution in [0.25, 0.3) is 0 Å². The maximum atomic E-state index is 5.74. The van der Waals surface area contributed by atoms with Crippen LogP contribution in [0.4, 0.5) is 0 Å². The summed E-state index contributed by atoms with van der Waals surface area (Å²) in [4.78, 5) is 0. The van der Waals surface area contributed by atoms with E-state index in [4.69, 9.17) is 17.0 Å². The fourth-order valence-electron chi connectivity index (χ4n) is 4.86. The predicted molar refractivity (Wildman–Crippen MR) is 139 cm³/mol. The highest BCUT2D eigenvalue weighted by Gasteiger charge is 2.39. The van der Waals surface area contributed by atoms with Crippen molar-refractivity contribution in [2.45, 2.75) is 105 Å². The molecule has 0 heterocycles. The van der Waals surface area contributed by atoms with E-state index in [-0.39, 0.29) is 0 Å². The monoisotopic (exact) mass is 443 g/mol. The minimum Gasteiger partial charge on any atom is -0.467 e. The average molecular weight is 444 g/mol. The first-order valence-electron chi connectivity index (χ1n) is 12.4. The highest BCUT2D eigenvalue weighted by Crippen LogP contribution is 2.44. The van der Waals surface area contributed by atoms with E-state index in [1.54, 1.807) is 0 Å². The number of ether oxygens (including phenoxy) is 1. The lowest BCUT2D eigenvalue weighted by atomic mass is 9.96. The second-order valence-corrected chi connectivity index (χ2v) is 10.4. The molecule has 2 aliphatic rings. The minimum atomic E-state index is 0.556. The van der Waals surface area contributed by atoms with E-state index < -0.39 is 0 Å². The molecule has 1 N–H and O–H groups in total. The van der Waals surface area contributed by atoms with Crippen LogP contribution in [-0.2, 0) is 4.74 Å². The number of fused-ring (bicyclic) bond motifs is 2. The first kappa shape index (κ1) is 25.9. The highest BCUT2D eigenvalue weighted by atomic mass is 32.1. The van der Waals surface area contributed by atoms with Crippen molar-refractivity contribution in [1.82, 2.24) is 5.32 Å². The fourth-order valence-corrected chi connectivity index (χ4v) is 5.08. The molecule has 174 valence electrons. The molecule has 3 unspecified atom stereocenters. The van der Waals surface area contributed by atoms with Gasteiger partial charge in [0.05, 0.1) is 0 Å². The number of hydrogen-bond acceptors (Lipinski definition) is 2. The number of allylic oxidation sites excluding steroid dienone is 7. The zero-order valence-corrected chi connectivity index (χ0v) is 21.5. The molecular weight excluding hydrogens is 398 g/mol. The van der Waals surface area contributed by atoms with Crippen LogP contribution in [0.3, 0.4) is 0 Å². The summed E-state index contributed by atoms with van der Waals surface area (Å²) >= 11 is 5.39. The van der Waals surface area contributed by atoms with Crippen LogP contribution in [-0.4, -0.2) is 17.8 Å². The van der Waals surface area contributed by atoms with Gasteiger partial charge in [0.25, 0.3) is 5.17 Å². The summed E-state index contributed by atoms with van der Waals surface area (Å²) in [5.74, 6) is 1.75. The minimum absolute atomic E-state index is 0.556. The molecule has 31 heavy (non-hydrogen) atoms. The van der Waals surface area contributed by atoms with Gasteiger partial charge in [0.15, 0.2) is 0 Å². The lowest BCUT2D eigenvalue weighted by Gasteiger charge is -2.23. The van der Waals surface area contributed by atoms with Crippen molar-refractivity contribution in [1.29, 1.82) is 0 Å². The van der Waals surface area contributed by atoms with Crippen LogP contribution >= 0.6 is 12.2 Å². The smallest absolute Gasteiger partial charge is 0.257 e. The van der Waals surface area contributed by atoms with Gasteiger partial charge in [-0.25, -0.2) is 0 Å². The van der Waals surface area contributed by atoms with Gasteiger partial charge in [-0.1, -0.05) is 46.9 Å². The quantitative estimate of drug-likeness (QED) is 0.242. The SMILES string of the molecule is CC(C)=CCCC(C)=CCCC(C)=CCCC(C)=CCOC(=S)NC1CC2CCC1C2. The van der Waals surface area contributed by atoms with Crippen LogP contribution < -0.4 is 5.32 Å². The number of hydrogen-bond donors (Lipinski definition) is 1. The van der Waals surface area contributed by atoms with E-state index in [1.807, 2.05) is 0 Å². The average Bonchev–Trinajstić information content (AvgIpc) is 3.30. The molecular formula is C28H45NOS. The Morgan fingerprint density at radius 3 is 1.90 bits per heavy atom. The Hall–Kier alpha value is -1.35. The van der Waals surface area contributed by atoms with Gasteiger partial charge in [0.2, 0.25) is 0 Å². The van der Waals surface area contributed by atoms with Gasteiger partial charge >= 0.3 is 0 Å². The van der Waals surface area contributed by atoms with Crippen LogP contribution in [0.2, 0.25) is 0 Å². The topological polar surface area (TPSA) is 21.3 Å². The lowest BCUT2D eigenvalue weighted by Crippen LogP contribution is -2.38. The Kier molecular flexibility index (Phi) is 11.6. The molecule has 2 fully saturated rings. The molecule has 2 nitrogen and oxygen atoms in total. The number of rotatable bonds is 12.